The number of carbonyl (C=O) groups is 2. The number of fused-ring (bicyclic) bond motifs is 2. The van der Waals surface area contributed by atoms with Gasteiger partial charge in [0, 0.05) is 81.3 Å². The number of benzene rings is 5. The second-order valence-electron chi connectivity index (χ2n) is 19.2. The van der Waals surface area contributed by atoms with Crippen molar-refractivity contribution in [2.24, 2.45) is 0 Å². The Hall–Kier alpha value is -3.88. The molecule has 7 rings (SSSR count). The first-order chi connectivity index (χ1) is 29.3. The minimum absolute atomic E-state index is 0.0531. The number of nitrogens with zero attached hydrogens (tertiary/aromatic N) is 2. The molecule has 0 bridgehead atoms. The third-order valence-corrected chi connectivity index (χ3v) is 14.0. The van der Waals surface area contributed by atoms with Crippen molar-refractivity contribution in [3.8, 4) is 0 Å². The predicted molar refractivity (Wildman–Crippen MR) is 258 cm³/mol. The van der Waals surface area contributed by atoms with Crippen LogP contribution in [-0.4, -0.2) is 60.9 Å². The second-order valence-corrected chi connectivity index (χ2v) is 20.9. The van der Waals surface area contributed by atoms with E-state index in [1.807, 2.05) is 48.5 Å². The molecule has 2 amide bonds. The lowest BCUT2D eigenvalue weighted by Crippen LogP contribution is -2.38. The van der Waals surface area contributed by atoms with E-state index in [0.29, 0.717) is 31.2 Å². The van der Waals surface area contributed by atoms with Crippen LogP contribution in [0.25, 0.3) is 0 Å². The first-order valence-corrected chi connectivity index (χ1v) is 23.0. The number of likely N-dealkylation sites (N-methyl/N-ethyl adjacent to an activating group) is 2. The summed E-state index contributed by atoms with van der Waals surface area (Å²) in [5.41, 5.74) is 9.82. The van der Waals surface area contributed by atoms with E-state index < -0.39 is 0 Å². The minimum Gasteiger partial charge on any atom is -0.350 e. The minimum atomic E-state index is -0.199. The monoisotopic (exact) mass is 910 g/mol. The molecule has 10 heteroatoms. The summed E-state index contributed by atoms with van der Waals surface area (Å²) in [6.45, 7) is 16.2. The molecule has 2 heterocycles. The molecule has 0 saturated carbocycles. The van der Waals surface area contributed by atoms with Crippen LogP contribution in [0.4, 0.5) is 0 Å². The largest absolute Gasteiger partial charge is 0.350 e. The highest BCUT2D eigenvalue weighted by Gasteiger charge is 2.31. The highest BCUT2D eigenvalue weighted by molar-refractivity contribution is 6.35. The molecule has 4 unspecified atom stereocenters. The van der Waals surface area contributed by atoms with Crippen molar-refractivity contribution in [3.05, 3.63) is 173 Å². The molecule has 0 radical (unpaired) electrons. The van der Waals surface area contributed by atoms with Crippen LogP contribution in [0.15, 0.2) is 97.1 Å². The standard InChI is InChI=1S/C52H58Cl4N4O2/c1-31(57-49(61)35-13-9-11-33(19-35)43-27-59(7)29-45-41(43)21-39(53)23-47(45)55)25-51(3,4)37-15-17-38(18-16-37)52(5,6)26-32(2)58-50(62)36-14-10-12-34(20-36)44-28-60(8)30-46-42(44)22-40(54)24-48(46)56/h9-24,31-32,43-44H,25-30H2,1-8H3,(H,57,61)(H,58,62). The Bertz CT molecular complexity index is 2300. The maximum atomic E-state index is 13.7. The summed E-state index contributed by atoms with van der Waals surface area (Å²) in [4.78, 5) is 31.9. The molecule has 2 aliphatic heterocycles. The van der Waals surface area contributed by atoms with Gasteiger partial charge < -0.3 is 20.4 Å². The van der Waals surface area contributed by atoms with Crippen molar-refractivity contribution >= 4 is 58.2 Å². The Labute approximate surface area is 388 Å². The zero-order valence-electron chi connectivity index (χ0n) is 37.0. The van der Waals surface area contributed by atoms with Gasteiger partial charge in [-0.15, -0.1) is 0 Å². The van der Waals surface area contributed by atoms with Gasteiger partial charge in [0.15, 0.2) is 0 Å². The van der Waals surface area contributed by atoms with Gasteiger partial charge in [-0.2, -0.15) is 0 Å². The van der Waals surface area contributed by atoms with E-state index in [-0.39, 0.29) is 46.6 Å². The maximum Gasteiger partial charge on any atom is 0.251 e. The van der Waals surface area contributed by atoms with Crippen LogP contribution in [0.3, 0.4) is 0 Å². The van der Waals surface area contributed by atoms with Gasteiger partial charge >= 0.3 is 0 Å². The van der Waals surface area contributed by atoms with Gasteiger partial charge in [0.25, 0.3) is 11.8 Å². The Morgan fingerprint density at radius 2 is 0.968 bits per heavy atom. The third kappa shape index (κ3) is 10.4. The zero-order valence-corrected chi connectivity index (χ0v) is 40.0. The average molecular weight is 913 g/mol. The van der Waals surface area contributed by atoms with Crippen LogP contribution in [0, 0.1) is 0 Å². The van der Waals surface area contributed by atoms with Crippen LogP contribution in [0.2, 0.25) is 20.1 Å². The molecule has 4 atom stereocenters. The fourth-order valence-electron chi connectivity index (χ4n) is 9.91. The quantitative estimate of drug-likeness (QED) is 0.131. The Kier molecular flexibility index (Phi) is 13.9. The SMILES string of the molecule is CC(CC(C)(C)c1ccc(C(C)(C)CC(C)NC(=O)c2cccc(C3CN(C)Cc4c(Cl)cc(Cl)cc43)c2)cc1)NC(=O)c1cccc(C2CN(C)Cc3c(Cl)cc(Cl)cc32)c1. The molecule has 5 aromatic carbocycles. The van der Waals surface area contributed by atoms with Crippen molar-refractivity contribution < 1.29 is 9.59 Å². The first-order valence-electron chi connectivity index (χ1n) is 21.5. The molecule has 62 heavy (non-hydrogen) atoms. The molecular formula is C52H58Cl4N4O2. The van der Waals surface area contributed by atoms with Crippen LogP contribution in [-0.2, 0) is 23.9 Å². The lowest BCUT2D eigenvalue weighted by Gasteiger charge is -2.33. The zero-order chi connectivity index (χ0) is 44.7. The summed E-state index contributed by atoms with van der Waals surface area (Å²) < 4.78 is 0. The predicted octanol–water partition coefficient (Wildman–Crippen LogP) is 12.4. The summed E-state index contributed by atoms with van der Waals surface area (Å²) in [5, 5.41) is 9.14. The van der Waals surface area contributed by atoms with Crippen molar-refractivity contribution in [3.63, 3.8) is 0 Å². The van der Waals surface area contributed by atoms with E-state index >= 15 is 0 Å². The van der Waals surface area contributed by atoms with E-state index in [9.17, 15) is 9.59 Å². The van der Waals surface area contributed by atoms with Crippen LogP contribution in [0.1, 0.15) is 131 Å². The molecule has 0 aromatic heterocycles. The third-order valence-electron chi connectivity index (χ3n) is 12.9. The average Bonchev–Trinajstić information content (AvgIpc) is 3.20. The van der Waals surface area contributed by atoms with Crippen LogP contribution >= 0.6 is 46.4 Å². The fourth-order valence-corrected chi connectivity index (χ4v) is 11.0. The van der Waals surface area contributed by atoms with E-state index in [4.69, 9.17) is 46.4 Å². The molecule has 326 valence electrons. The molecule has 2 aliphatic rings. The molecule has 2 N–H and O–H groups in total. The summed E-state index contributed by atoms with van der Waals surface area (Å²) in [5.74, 6) is -0.0729. The number of hydrogen-bond acceptors (Lipinski definition) is 4. The Morgan fingerprint density at radius 1 is 0.597 bits per heavy atom. The van der Waals surface area contributed by atoms with Gasteiger partial charge in [-0.3, -0.25) is 9.59 Å². The number of amides is 2. The van der Waals surface area contributed by atoms with Crippen LogP contribution < -0.4 is 10.6 Å². The number of hydrogen-bond donors (Lipinski definition) is 2. The smallest absolute Gasteiger partial charge is 0.251 e. The number of carbonyl (C=O) groups excluding carboxylic acids is 2. The number of halogens is 4. The van der Waals surface area contributed by atoms with Gasteiger partial charge in [0.1, 0.15) is 0 Å². The van der Waals surface area contributed by atoms with Gasteiger partial charge in [-0.1, -0.05) is 123 Å². The van der Waals surface area contributed by atoms with E-state index in [0.717, 1.165) is 72.4 Å². The van der Waals surface area contributed by atoms with Gasteiger partial charge in [0.2, 0.25) is 0 Å². The van der Waals surface area contributed by atoms with E-state index in [1.54, 1.807) is 12.1 Å². The molecule has 0 saturated heterocycles. The Balaban J connectivity index is 0.955. The molecule has 0 aliphatic carbocycles. The molecular weight excluding hydrogens is 854 g/mol. The maximum absolute atomic E-state index is 13.7. The van der Waals surface area contributed by atoms with Gasteiger partial charge in [-0.05, 0) is 145 Å². The van der Waals surface area contributed by atoms with Gasteiger partial charge in [-0.25, -0.2) is 0 Å². The van der Waals surface area contributed by atoms with Crippen molar-refractivity contribution in [2.75, 3.05) is 27.2 Å². The molecule has 6 nitrogen and oxygen atoms in total. The summed E-state index contributed by atoms with van der Waals surface area (Å²) >= 11 is 26.1. The Morgan fingerprint density at radius 3 is 1.34 bits per heavy atom. The van der Waals surface area contributed by atoms with Crippen molar-refractivity contribution in [1.29, 1.82) is 0 Å². The van der Waals surface area contributed by atoms with E-state index in [2.05, 4.69) is 112 Å². The number of nitrogens with one attached hydrogen (secondary N) is 2. The van der Waals surface area contributed by atoms with Crippen molar-refractivity contribution in [1.82, 2.24) is 20.4 Å². The summed E-state index contributed by atoms with van der Waals surface area (Å²) in [6, 6.07) is 32.2. The van der Waals surface area contributed by atoms with Crippen LogP contribution in [0.5, 0.6) is 0 Å². The fraction of sp³-hybridized carbons (Fsp3) is 0.385. The molecule has 5 aromatic rings. The number of rotatable bonds is 12. The van der Waals surface area contributed by atoms with E-state index in [1.165, 1.54) is 11.1 Å². The van der Waals surface area contributed by atoms with Crippen molar-refractivity contribution in [2.45, 2.75) is 102 Å². The first kappa shape index (κ1) is 46.1. The lowest BCUT2D eigenvalue weighted by atomic mass is 9.75. The molecule has 0 spiro atoms. The highest BCUT2D eigenvalue weighted by Crippen LogP contribution is 2.41. The summed E-state index contributed by atoms with van der Waals surface area (Å²) in [7, 11) is 4.18. The summed E-state index contributed by atoms with van der Waals surface area (Å²) in [6.07, 6.45) is 1.52. The topological polar surface area (TPSA) is 64.7 Å². The van der Waals surface area contributed by atoms with Gasteiger partial charge in [0.05, 0.1) is 0 Å². The normalized spacial score (nSPS) is 18.1. The highest BCUT2D eigenvalue weighted by atomic mass is 35.5. The second kappa shape index (κ2) is 18.7. The molecule has 0 fully saturated rings. The lowest BCUT2D eigenvalue weighted by molar-refractivity contribution is 0.0925.